The van der Waals surface area contributed by atoms with Crippen molar-refractivity contribution in [3.8, 4) is 6.07 Å². The number of benzene rings is 1. The maximum absolute atomic E-state index is 14.0. The number of aryl methyl sites for hydroxylation is 1. The standard InChI is InChI=1S/C19H16F2N6O/c1-27-9-24-17-15(26-19(28)13-6-14(13)20)4-12(5-16(17)27)23-8-10-2-3-11(7-22)25-18(10)21/h2-5,9,13-14,23H,6,8H2,1H3,(H,26,28)/t13-,14+/m0/s1. The number of carbonyl (C=O) groups is 1. The molecule has 28 heavy (non-hydrogen) atoms. The van der Waals surface area contributed by atoms with Gasteiger partial charge in [0.1, 0.15) is 23.5 Å². The zero-order chi connectivity index (χ0) is 19.8. The van der Waals surface area contributed by atoms with E-state index < -0.39 is 18.0 Å². The number of alkyl halides is 1. The average molecular weight is 382 g/mol. The second-order valence-corrected chi connectivity index (χ2v) is 6.71. The van der Waals surface area contributed by atoms with E-state index in [0.29, 0.717) is 22.5 Å². The highest BCUT2D eigenvalue weighted by atomic mass is 19.1. The lowest BCUT2D eigenvalue weighted by molar-refractivity contribution is -0.117. The number of rotatable bonds is 5. The van der Waals surface area contributed by atoms with Crippen LogP contribution in [0.3, 0.4) is 0 Å². The number of aromatic nitrogens is 3. The van der Waals surface area contributed by atoms with Gasteiger partial charge in [0.2, 0.25) is 11.9 Å². The number of imidazole rings is 1. The van der Waals surface area contributed by atoms with Crippen molar-refractivity contribution in [3.63, 3.8) is 0 Å². The van der Waals surface area contributed by atoms with Gasteiger partial charge in [0.25, 0.3) is 0 Å². The largest absolute Gasteiger partial charge is 0.381 e. The van der Waals surface area contributed by atoms with Gasteiger partial charge in [-0.2, -0.15) is 9.65 Å². The molecule has 1 aliphatic rings. The van der Waals surface area contributed by atoms with Gasteiger partial charge in [-0.3, -0.25) is 4.79 Å². The molecule has 1 fully saturated rings. The van der Waals surface area contributed by atoms with Crippen LogP contribution in [0.4, 0.5) is 20.2 Å². The Morgan fingerprint density at radius 1 is 1.43 bits per heavy atom. The number of anilines is 2. The molecule has 0 radical (unpaired) electrons. The predicted molar refractivity (Wildman–Crippen MR) is 98.6 cm³/mol. The third-order valence-electron chi connectivity index (χ3n) is 4.66. The van der Waals surface area contributed by atoms with E-state index in [1.165, 1.54) is 12.1 Å². The minimum absolute atomic E-state index is 0.00814. The number of nitrogens with one attached hydrogen (secondary N) is 2. The molecule has 1 amide bonds. The number of halogens is 2. The fourth-order valence-electron chi connectivity index (χ4n) is 2.94. The van der Waals surface area contributed by atoms with Gasteiger partial charge in [0.05, 0.1) is 23.4 Å². The summed E-state index contributed by atoms with van der Waals surface area (Å²) in [6, 6.07) is 8.22. The monoisotopic (exact) mass is 382 g/mol. The van der Waals surface area contributed by atoms with Gasteiger partial charge in [-0.25, -0.2) is 14.4 Å². The molecule has 0 unspecified atom stereocenters. The molecule has 0 spiro atoms. The molecule has 2 N–H and O–H groups in total. The minimum Gasteiger partial charge on any atom is -0.381 e. The maximum Gasteiger partial charge on any atom is 0.230 e. The normalized spacial score (nSPS) is 17.9. The second kappa shape index (κ2) is 6.88. The van der Waals surface area contributed by atoms with E-state index in [4.69, 9.17) is 5.26 Å². The summed E-state index contributed by atoms with van der Waals surface area (Å²) >= 11 is 0. The number of nitriles is 1. The summed E-state index contributed by atoms with van der Waals surface area (Å²) in [5.41, 5.74) is 2.74. The molecule has 1 aromatic carbocycles. The number of amides is 1. The topological polar surface area (TPSA) is 95.6 Å². The fourth-order valence-corrected chi connectivity index (χ4v) is 2.94. The van der Waals surface area contributed by atoms with Crippen LogP contribution >= 0.6 is 0 Å². The van der Waals surface area contributed by atoms with Gasteiger partial charge in [0, 0.05) is 24.8 Å². The van der Waals surface area contributed by atoms with Crippen molar-refractivity contribution >= 4 is 28.3 Å². The van der Waals surface area contributed by atoms with E-state index in [2.05, 4.69) is 20.6 Å². The molecule has 1 aliphatic carbocycles. The Morgan fingerprint density at radius 3 is 2.89 bits per heavy atom. The van der Waals surface area contributed by atoms with Gasteiger partial charge in [-0.05, 0) is 30.7 Å². The third kappa shape index (κ3) is 3.36. The molecular weight excluding hydrogens is 366 g/mol. The summed E-state index contributed by atoms with van der Waals surface area (Å²) in [7, 11) is 1.81. The average Bonchev–Trinajstić information content (AvgIpc) is 3.30. The van der Waals surface area contributed by atoms with Crippen molar-refractivity contribution in [2.45, 2.75) is 19.1 Å². The van der Waals surface area contributed by atoms with Crippen LogP contribution in [0.5, 0.6) is 0 Å². The summed E-state index contributed by atoms with van der Waals surface area (Å²) in [4.78, 5) is 20.0. The van der Waals surface area contributed by atoms with Crippen molar-refractivity contribution in [2.75, 3.05) is 10.6 Å². The smallest absolute Gasteiger partial charge is 0.230 e. The first-order valence-corrected chi connectivity index (χ1v) is 8.65. The van der Waals surface area contributed by atoms with Crippen LogP contribution in [0.25, 0.3) is 11.0 Å². The first-order chi connectivity index (χ1) is 13.5. The van der Waals surface area contributed by atoms with Crippen molar-refractivity contribution in [1.82, 2.24) is 14.5 Å². The summed E-state index contributed by atoms with van der Waals surface area (Å²) in [6.45, 7) is 0.135. The lowest BCUT2D eigenvalue weighted by atomic mass is 10.2. The van der Waals surface area contributed by atoms with Crippen LogP contribution < -0.4 is 10.6 Å². The molecular formula is C19H16F2N6O. The number of hydrogen-bond acceptors (Lipinski definition) is 5. The number of fused-ring (bicyclic) bond motifs is 1. The van der Waals surface area contributed by atoms with Crippen LogP contribution in [-0.2, 0) is 18.4 Å². The summed E-state index contributed by atoms with van der Waals surface area (Å²) in [6.07, 6.45) is 0.760. The quantitative estimate of drug-likeness (QED) is 0.662. The predicted octanol–water partition coefficient (Wildman–Crippen LogP) is 2.89. The Kier molecular flexibility index (Phi) is 4.39. The molecule has 2 atom stereocenters. The molecule has 4 rings (SSSR count). The Hall–Kier alpha value is -3.54. The van der Waals surface area contributed by atoms with E-state index >= 15 is 0 Å². The molecule has 0 saturated heterocycles. The molecule has 1 saturated carbocycles. The van der Waals surface area contributed by atoms with E-state index in [1.807, 2.05) is 13.1 Å². The Morgan fingerprint density at radius 2 is 2.21 bits per heavy atom. The highest BCUT2D eigenvalue weighted by Crippen LogP contribution is 2.36. The van der Waals surface area contributed by atoms with Gasteiger partial charge in [-0.15, -0.1) is 0 Å². The van der Waals surface area contributed by atoms with Crippen LogP contribution in [0.15, 0.2) is 30.6 Å². The third-order valence-corrected chi connectivity index (χ3v) is 4.66. The number of carbonyl (C=O) groups excluding carboxylic acids is 1. The summed E-state index contributed by atoms with van der Waals surface area (Å²) in [5, 5.41) is 14.6. The lowest BCUT2D eigenvalue weighted by Crippen LogP contribution is -2.15. The van der Waals surface area contributed by atoms with Crippen LogP contribution in [-0.4, -0.2) is 26.6 Å². The molecule has 2 heterocycles. The van der Waals surface area contributed by atoms with Crippen molar-refractivity contribution in [3.05, 3.63) is 47.8 Å². The molecule has 3 aromatic rings. The van der Waals surface area contributed by atoms with Gasteiger partial charge < -0.3 is 15.2 Å². The first kappa shape index (κ1) is 17.9. The number of nitrogens with zero attached hydrogens (tertiary/aromatic N) is 4. The van der Waals surface area contributed by atoms with Gasteiger partial charge in [0.15, 0.2) is 0 Å². The van der Waals surface area contributed by atoms with Crippen LogP contribution in [0, 0.1) is 23.2 Å². The van der Waals surface area contributed by atoms with E-state index in [-0.39, 0.29) is 24.6 Å². The molecule has 2 aromatic heterocycles. The van der Waals surface area contributed by atoms with Crippen LogP contribution in [0.2, 0.25) is 0 Å². The van der Waals surface area contributed by atoms with Gasteiger partial charge in [-0.1, -0.05) is 0 Å². The van der Waals surface area contributed by atoms with E-state index in [0.717, 1.165) is 5.52 Å². The minimum atomic E-state index is -1.09. The van der Waals surface area contributed by atoms with Crippen molar-refractivity contribution in [1.29, 1.82) is 5.26 Å². The molecule has 0 bridgehead atoms. The molecule has 0 aliphatic heterocycles. The highest BCUT2D eigenvalue weighted by molar-refractivity contribution is 6.03. The fraction of sp³-hybridized carbons (Fsp3) is 0.263. The van der Waals surface area contributed by atoms with Gasteiger partial charge >= 0.3 is 0 Å². The Bertz CT molecular complexity index is 1120. The number of hydrogen-bond donors (Lipinski definition) is 2. The summed E-state index contributed by atoms with van der Waals surface area (Å²) in [5.74, 6) is -1.71. The Balaban J connectivity index is 1.59. The van der Waals surface area contributed by atoms with E-state index in [9.17, 15) is 13.6 Å². The molecule has 9 heteroatoms. The second-order valence-electron chi connectivity index (χ2n) is 6.71. The summed E-state index contributed by atoms with van der Waals surface area (Å²) < 4.78 is 28.9. The van der Waals surface area contributed by atoms with E-state index in [1.54, 1.807) is 23.0 Å². The SMILES string of the molecule is Cn1cnc2c(NC(=O)[C@H]3C[C@H]3F)cc(NCc3ccc(C#N)nc3F)cc21. The zero-order valence-corrected chi connectivity index (χ0v) is 14.9. The molecule has 7 nitrogen and oxygen atoms in total. The molecule has 142 valence electrons. The zero-order valence-electron chi connectivity index (χ0n) is 14.9. The highest BCUT2D eigenvalue weighted by Gasteiger charge is 2.43. The van der Waals surface area contributed by atoms with Crippen molar-refractivity contribution < 1.29 is 13.6 Å². The lowest BCUT2D eigenvalue weighted by Gasteiger charge is -2.12. The van der Waals surface area contributed by atoms with Crippen molar-refractivity contribution in [2.24, 2.45) is 13.0 Å². The van der Waals surface area contributed by atoms with Crippen LogP contribution in [0.1, 0.15) is 17.7 Å². The Labute approximate surface area is 159 Å². The number of pyridine rings is 1. The maximum atomic E-state index is 14.0. The first-order valence-electron chi connectivity index (χ1n) is 8.65.